The van der Waals surface area contributed by atoms with E-state index in [-0.39, 0.29) is 5.56 Å². The van der Waals surface area contributed by atoms with Gasteiger partial charge in [0, 0.05) is 44.6 Å². The standard InChI is InChI=1S/C32H20Cl2N4O2/c33-23-14-13-21(26(34)16-23)18-37-19-22(24-8-3-5-11-28(24)37)17-35-38-31(30-15-20-7-1-6-12-29(20)40-30)36-27-10-4-2-9-25(27)32(38)39/h1-17,19H,18H2. The summed E-state index contributed by atoms with van der Waals surface area (Å²) >= 11 is 12.6. The Kier molecular flexibility index (Phi) is 5.99. The Balaban J connectivity index is 1.37. The van der Waals surface area contributed by atoms with Gasteiger partial charge in [0.1, 0.15) is 5.58 Å². The maximum atomic E-state index is 13.7. The van der Waals surface area contributed by atoms with Crippen LogP contribution in [-0.4, -0.2) is 20.4 Å². The van der Waals surface area contributed by atoms with Crippen molar-refractivity contribution in [3.8, 4) is 11.6 Å². The molecular formula is C32H20Cl2N4O2. The fraction of sp³-hybridized carbons (Fsp3) is 0.0312. The number of benzene rings is 4. The van der Waals surface area contributed by atoms with E-state index >= 15 is 0 Å². The number of halogens is 2. The topological polar surface area (TPSA) is 65.3 Å². The van der Waals surface area contributed by atoms with Gasteiger partial charge < -0.3 is 8.98 Å². The van der Waals surface area contributed by atoms with Crippen LogP contribution in [-0.2, 0) is 6.54 Å². The van der Waals surface area contributed by atoms with Crippen LogP contribution in [0.1, 0.15) is 11.1 Å². The minimum Gasteiger partial charge on any atom is -0.453 e. The highest BCUT2D eigenvalue weighted by Gasteiger charge is 2.17. The van der Waals surface area contributed by atoms with Gasteiger partial charge in [-0.3, -0.25) is 4.79 Å². The Labute approximate surface area is 238 Å². The lowest BCUT2D eigenvalue weighted by Crippen LogP contribution is -2.20. The van der Waals surface area contributed by atoms with Crippen molar-refractivity contribution >= 4 is 62.2 Å². The van der Waals surface area contributed by atoms with Crippen LogP contribution in [0.4, 0.5) is 0 Å². The molecule has 0 aliphatic carbocycles. The smallest absolute Gasteiger partial charge is 0.282 e. The van der Waals surface area contributed by atoms with Crippen LogP contribution in [0.3, 0.4) is 0 Å². The van der Waals surface area contributed by atoms with Gasteiger partial charge in [0.15, 0.2) is 5.76 Å². The average Bonchev–Trinajstić information content (AvgIpc) is 3.56. The molecule has 7 rings (SSSR count). The molecule has 0 amide bonds. The van der Waals surface area contributed by atoms with Crippen molar-refractivity contribution in [2.45, 2.75) is 6.54 Å². The van der Waals surface area contributed by atoms with Crippen LogP contribution in [0.2, 0.25) is 10.0 Å². The Bertz CT molecular complexity index is 2120. The molecule has 194 valence electrons. The van der Waals surface area contributed by atoms with Gasteiger partial charge in [0.05, 0.1) is 17.1 Å². The molecule has 4 aromatic carbocycles. The van der Waals surface area contributed by atoms with Crippen molar-refractivity contribution in [1.29, 1.82) is 0 Å². The summed E-state index contributed by atoms with van der Waals surface area (Å²) in [4.78, 5) is 18.4. The van der Waals surface area contributed by atoms with Gasteiger partial charge in [-0.1, -0.05) is 77.8 Å². The number of furan rings is 1. The number of para-hydroxylation sites is 3. The first-order chi connectivity index (χ1) is 19.5. The second-order valence-corrected chi connectivity index (χ2v) is 10.3. The van der Waals surface area contributed by atoms with Crippen LogP contribution in [0.25, 0.3) is 44.4 Å². The molecule has 3 heterocycles. The van der Waals surface area contributed by atoms with E-state index in [4.69, 9.17) is 32.6 Å². The molecule has 0 unspecified atom stereocenters. The summed E-state index contributed by atoms with van der Waals surface area (Å²) in [6.07, 6.45) is 3.69. The Morgan fingerprint density at radius 1 is 0.875 bits per heavy atom. The van der Waals surface area contributed by atoms with Crippen LogP contribution in [0.15, 0.2) is 118 Å². The summed E-state index contributed by atoms with van der Waals surface area (Å²) in [6, 6.07) is 30.3. The molecule has 40 heavy (non-hydrogen) atoms. The molecule has 0 bridgehead atoms. The predicted molar refractivity (Wildman–Crippen MR) is 162 cm³/mol. The number of rotatable bonds is 5. The molecule has 0 spiro atoms. The lowest BCUT2D eigenvalue weighted by molar-refractivity contribution is 0.616. The van der Waals surface area contributed by atoms with Crippen LogP contribution in [0.5, 0.6) is 0 Å². The molecule has 0 fully saturated rings. The Morgan fingerprint density at radius 2 is 1.65 bits per heavy atom. The molecule has 0 aliphatic rings. The van der Waals surface area contributed by atoms with E-state index in [1.54, 1.807) is 18.3 Å². The average molecular weight is 563 g/mol. The summed E-state index contributed by atoms with van der Waals surface area (Å²) in [5, 5.41) is 8.24. The van der Waals surface area contributed by atoms with E-state index in [1.165, 1.54) is 4.68 Å². The molecule has 0 saturated heterocycles. The monoisotopic (exact) mass is 562 g/mol. The van der Waals surface area contributed by atoms with Crippen LogP contribution >= 0.6 is 23.2 Å². The molecule has 0 saturated carbocycles. The second-order valence-electron chi connectivity index (χ2n) is 9.43. The summed E-state index contributed by atoms with van der Waals surface area (Å²) in [5.41, 5.74) is 3.80. The van der Waals surface area contributed by atoms with E-state index in [0.29, 0.717) is 44.7 Å². The summed E-state index contributed by atoms with van der Waals surface area (Å²) in [6.45, 7) is 0.548. The normalized spacial score (nSPS) is 11.8. The van der Waals surface area contributed by atoms with E-state index in [1.807, 2.05) is 91.1 Å². The molecule has 8 heteroatoms. The van der Waals surface area contributed by atoms with Crippen molar-refractivity contribution in [2.24, 2.45) is 5.10 Å². The number of nitrogens with zero attached hydrogens (tertiary/aromatic N) is 4. The van der Waals surface area contributed by atoms with Gasteiger partial charge in [-0.25, -0.2) is 4.98 Å². The van der Waals surface area contributed by atoms with E-state index in [0.717, 1.165) is 27.4 Å². The summed E-state index contributed by atoms with van der Waals surface area (Å²) in [7, 11) is 0. The highest BCUT2D eigenvalue weighted by Crippen LogP contribution is 2.28. The predicted octanol–water partition coefficient (Wildman–Crippen LogP) is 8.00. The zero-order chi connectivity index (χ0) is 27.2. The van der Waals surface area contributed by atoms with E-state index < -0.39 is 0 Å². The van der Waals surface area contributed by atoms with Crippen molar-refractivity contribution < 1.29 is 4.42 Å². The van der Waals surface area contributed by atoms with Gasteiger partial charge in [-0.15, -0.1) is 0 Å². The molecule has 0 aliphatic heterocycles. The first-order valence-corrected chi connectivity index (χ1v) is 13.4. The fourth-order valence-electron chi connectivity index (χ4n) is 4.94. The molecule has 0 atom stereocenters. The van der Waals surface area contributed by atoms with Gasteiger partial charge in [0.25, 0.3) is 5.56 Å². The third kappa shape index (κ3) is 4.28. The van der Waals surface area contributed by atoms with E-state index in [2.05, 4.69) is 9.67 Å². The maximum Gasteiger partial charge on any atom is 0.282 e. The highest BCUT2D eigenvalue weighted by molar-refractivity contribution is 6.35. The highest BCUT2D eigenvalue weighted by atomic mass is 35.5. The molecule has 7 aromatic rings. The quantitative estimate of drug-likeness (QED) is 0.199. The molecule has 0 N–H and O–H groups in total. The first kappa shape index (κ1) is 24.4. The lowest BCUT2D eigenvalue weighted by Gasteiger charge is -2.08. The van der Waals surface area contributed by atoms with Gasteiger partial charge in [-0.2, -0.15) is 9.78 Å². The molecule has 0 radical (unpaired) electrons. The third-order valence-corrected chi connectivity index (χ3v) is 7.47. The van der Waals surface area contributed by atoms with Gasteiger partial charge in [-0.05, 0) is 48.0 Å². The third-order valence-electron chi connectivity index (χ3n) is 6.89. The minimum atomic E-state index is -0.283. The second kappa shape index (κ2) is 9.83. The number of aromatic nitrogens is 3. The van der Waals surface area contributed by atoms with Crippen molar-refractivity contribution in [3.63, 3.8) is 0 Å². The Hall–Kier alpha value is -4.65. The van der Waals surface area contributed by atoms with Crippen molar-refractivity contribution in [3.05, 3.63) is 135 Å². The van der Waals surface area contributed by atoms with Crippen LogP contribution < -0.4 is 5.56 Å². The number of hydrogen-bond donors (Lipinski definition) is 0. The first-order valence-electron chi connectivity index (χ1n) is 12.6. The number of hydrogen-bond acceptors (Lipinski definition) is 4. The van der Waals surface area contributed by atoms with Crippen molar-refractivity contribution in [2.75, 3.05) is 0 Å². The molecule has 3 aromatic heterocycles. The zero-order valence-electron chi connectivity index (χ0n) is 21.0. The van der Waals surface area contributed by atoms with Crippen molar-refractivity contribution in [1.82, 2.24) is 14.2 Å². The Morgan fingerprint density at radius 3 is 2.50 bits per heavy atom. The van der Waals surface area contributed by atoms with Gasteiger partial charge in [0.2, 0.25) is 5.82 Å². The fourth-order valence-corrected chi connectivity index (χ4v) is 5.41. The number of fused-ring (bicyclic) bond motifs is 3. The maximum absolute atomic E-state index is 13.7. The van der Waals surface area contributed by atoms with Crippen LogP contribution in [0, 0.1) is 0 Å². The summed E-state index contributed by atoms with van der Waals surface area (Å²) < 4.78 is 9.50. The minimum absolute atomic E-state index is 0.283. The van der Waals surface area contributed by atoms with Gasteiger partial charge >= 0.3 is 0 Å². The zero-order valence-corrected chi connectivity index (χ0v) is 22.5. The lowest BCUT2D eigenvalue weighted by atomic mass is 10.2. The SMILES string of the molecule is O=c1c2ccccc2nc(-c2cc3ccccc3o2)n1N=Cc1cn(Cc2ccc(Cl)cc2Cl)c2ccccc12. The largest absolute Gasteiger partial charge is 0.453 e. The van der Waals surface area contributed by atoms with E-state index in [9.17, 15) is 4.79 Å². The molecular weight excluding hydrogens is 543 g/mol. The summed E-state index contributed by atoms with van der Waals surface area (Å²) in [5.74, 6) is 0.786. The molecule has 6 nitrogen and oxygen atoms in total.